The van der Waals surface area contributed by atoms with Gasteiger partial charge in [0.15, 0.2) is 0 Å². The molecule has 1 nitrogen and oxygen atoms in total. The van der Waals surface area contributed by atoms with Gasteiger partial charge in [-0.15, -0.1) is 0 Å². The van der Waals surface area contributed by atoms with Crippen LogP contribution in [-0.2, 0) is 4.79 Å². The van der Waals surface area contributed by atoms with E-state index in [4.69, 9.17) is 0 Å². The maximum atomic E-state index is 12.8. The van der Waals surface area contributed by atoms with Gasteiger partial charge in [-0.25, -0.2) is 4.39 Å². The Labute approximate surface area is 76.9 Å². The molecule has 1 aromatic carbocycles. The number of benzene rings is 1. The average Bonchev–Trinajstić information content (AvgIpc) is 2.11. The minimum atomic E-state index is -0.221. The second-order valence-electron chi connectivity index (χ2n) is 3.01. The number of rotatable bonds is 2. The van der Waals surface area contributed by atoms with Gasteiger partial charge in [0.1, 0.15) is 12.1 Å². The lowest BCUT2D eigenvalue weighted by atomic mass is 10.1. The lowest BCUT2D eigenvalue weighted by Crippen LogP contribution is -1.84. The molecule has 68 valence electrons. The van der Waals surface area contributed by atoms with Gasteiger partial charge in [-0.05, 0) is 48.8 Å². The van der Waals surface area contributed by atoms with E-state index in [1.54, 1.807) is 32.1 Å². The van der Waals surface area contributed by atoms with Gasteiger partial charge in [-0.3, -0.25) is 4.79 Å². The number of hydrogen-bond acceptors (Lipinski definition) is 1. The fraction of sp³-hybridized carbons (Fsp3) is 0.182. The zero-order valence-corrected chi connectivity index (χ0v) is 7.67. The van der Waals surface area contributed by atoms with Crippen molar-refractivity contribution < 1.29 is 9.18 Å². The van der Waals surface area contributed by atoms with Crippen molar-refractivity contribution in [1.82, 2.24) is 0 Å². The molecular formula is C11H11FO. The van der Waals surface area contributed by atoms with Crippen molar-refractivity contribution in [3.8, 4) is 0 Å². The van der Waals surface area contributed by atoms with E-state index in [-0.39, 0.29) is 5.82 Å². The lowest BCUT2D eigenvalue weighted by Gasteiger charge is -1.98. The SMILES string of the molecule is CC(C=O)=Cc1ccc(F)c(C)c1. The first-order valence-electron chi connectivity index (χ1n) is 4.03. The number of carbonyl (C=O) groups is 1. The van der Waals surface area contributed by atoms with Gasteiger partial charge in [-0.2, -0.15) is 0 Å². The molecule has 13 heavy (non-hydrogen) atoms. The fourth-order valence-corrected chi connectivity index (χ4v) is 1.05. The van der Waals surface area contributed by atoms with E-state index in [0.717, 1.165) is 11.8 Å². The molecule has 0 radical (unpaired) electrons. The number of allylic oxidation sites excluding steroid dienone is 1. The third-order valence-electron chi connectivity index (χ3n) is 1.76. The van der Waals surface area contributed by atoms with E-state index in [1.165, 1.54) is 6.07 Å². The van der Waals surface area contributed by atoms with Crippen molar-refractivity contribution in [2.24, 2.45) is 0 Å². The second kappa shape index (κ2) is 3.99. The van der Waals surface area contributed by atoms with Gasteiger partial charge in [0.25, 0.3) is 0 Å². The monoisotopic (exact) mass is 178 g/mol. The second-order valence-corrected chi connectivity index (χ2v) is 3.01. The van der Waals surface area contributed by atoms with Crippen LogP contribution in [0.3, 0.4) is 0 Å². The van der Waals surface area contributed by atoms with E-state index in [2.05, 4.69) is 0 Å². The van der Waals surface area contributed by atoms with Crippen LogP contribution in [0.5, 0.6) is 0 Å². The van der Waals surface area contributed by atoms with Gasteiger partial charge < -0.3 is 0 Å². The van der Waals surface area contributed by atoms with Gasteiger partial charge in [0.2, 0.25) is 0 Å². The van der Waals surface area contributed by atoms with Crippen molar-refractivity contribution >= 4 is 12.4 Å². The Hall–Kier alpha value is -1.44. The highest BCUT2D eigenvalue weighted by molar-refractivity contribution is 5.80. The minimum absolute atomic E-state index is 0.221. The molecule has 0 aromatic heterocycles. The van der Waals surface area contributed by atoms with E-state index in [1.807, 2.05) is 0 Å². The topological polar surface area (TPSA) is 17.1 Å². The van der Waals surface area contributed by atoms with Crippen LogP contribution in [0.1, 0.15) is 18.1 Å². The summed E-state index contributed by atoms with van der Waals surface area (Å²) in [4.78, 5) is 10.3. The molecule has 0 fully saturated rings. The number of aryl methyl sites for hydroxylation is 1. The van der Waals surface area contributed by atoms with Crippen molar-refractivity contribution in [3.63, 3.8) is 0 Å². The van der Waals surface area contributed by atoms with Crippen LogP contribution in [0.25, 0.3) is 6.08 Å². The van der Waals surface area contributed by atoms with Crippen molar-refractivity contribution in [1.29, 1.82) is 0 Å². The molecule has 2 heteroatoms. The number of halogens is 1. The zero-order valence-electron chi connectivity index (χ0n) is 7.67. The predicted molar refractivity (Wildman–Crippen MR) is 50.9 cm³/mol. The molecule has 0 aliphatic carbocycles. The van der Waals surface area contributed by atoms with E-state index < -0.39 is 0 Å². The van der Waals surface area contributed by atoms with Gasteiger partial charge in [-0.1, -0.05) is 6.07 Å². The van der Waals surface area contributed by atoms with E-state index in [9.17, 15) is 9.18 Å². The van der Waals surface area contributed by atoms with Crippen molar-refractivity contribution in [2.75, 3.05) is 0 Å². The molecule has 0 heterocycles. The molecule has 1 aromatic rings. The molecule has 0 amide bonds. The number of aldehydes is 1. The molecule has 0 bridgehead atoms. The summed E-state index contributed by atoms with van der Waals surface area (Å²) in [6.45, 7) is 3.41. The molecule has 0 aliphatic rings. The summed E-state index contributed by atoms with van der Waals surface area (Å²) < 4.78 is 12.8. The molecule has 0 atom stereocenters. The van der Waals surface area contributed by atoms with Crippen LogP contribution in [0.4, 0.5) is 4.39 Å². The van der Waals surface area contributed by atoms with Gasteiger partial charge in [0, 0.05) is 0 Å². The van der Waals surface area contributed by atoms with Crippen LogP contribution in [0.2, 0.25) is 0 Å². The Morgan fingerprint density at radius 1 is 1.46 bits per heavy atom. The summed E-state index contributed by atoms with van der Waals surface area (Å²) in [5, 5.41) is 0. The van der Waals surface area contributed by atoms with Crippen molar-refractivity contribution in [2.45, 2.75) is 13.8 Å². The van der Waals surface area contributed by atoms with Gasteiger partial charge >= 0.3 is 0 Å². The average molecular weight is 178 g/mol. The highest BCUT2D eigenvalue weighted by Crippen LogP contribution is 2.11. The summed E-state index contributed by atoms with van der Waals surface area (Å²) >= 11 is 0. The Morgan fingerprint density at radius 2 is 2.15 bits per heavy atom. The van der Waals surface area contributed by atoms with Crippen molar-refractivity contribution in [3.05, 3.63) is 40.7 Å². The highest BCUT2D eigenvalue weighted by atomic mass is 19.1. The van der Waals surface area contributed by atoms with Crippen LogP contribution in [0.15, 0.2) is 23.8 Å². The molecule has 0 aliphatic heterocycles. The molecule has 0 N–H and O–H groups in total. The molecular weight excluding hydrogens is 167 g/mol. The minimum Gasteiger partial charge on any atom is -0.298 e. The van der Waals surface area contributed by atoms with Crippen LogP contribution in [0, 0.1) is 12.7 Å². The van der Waals surface area contributed by atoms with Gasteiger partial charge in [0.05, 0.1) is 0 Å². The fourth-order valence-electron chi connectivity index (χ4n) is 1.05. The first kappa shape index (κ1) is 9.65. The van der Waals surface area contributed by atoms with Crippen LogP contribution < -0.4 is 0 Å². The predicted octanol–water partition coefficient (Wildman–Crippen LogP) is 2.74. The molecule has 0 saturated carbocycles. The summed E-state index contributed by atoms with van der Waals surface area (Å²) in [7, 11) is 0. The summed E-state index contributed by atoms with van der Waals surface area (Å²) in [6.07, 6.45) is 2.50. The first-order valence-corrected chi connectivity index (χ1v) is 4.03. The normalized spacial score (nSPS) is 11.5. The maximum Gasteiger partial charge on any atom is 0.145 e. The maximum absolute atomic E-state index is 12.8. The van der Waals surface area contributed by atoms with Crippen LogP contribution in [-0.4, -0.2) is 6.29 Å². The molecule has 0 spiro atoms. The quantitative estimate of drug-likeness (QED) is 0.502. The Kier molecular flexibility index (Phi) is 2.96. The summed E-state index contributed by atoms with van der Waals surface area (Å²) in [6, 6.07) is 4.76. The van der Waals surface area contributed by atoms with E-state index in [0.29, 0.717) is 11.1 Å². The molecule has 0 saturated heterocycles. The lowest BCUT2D eigenvalue weighted by molar-refractivity contribution is -0.104. The molecule has 1 rings (SSSR count). The van der Waals surface area contributed by atoms with E-state index >= 15 is 0 Å². The molecule has 0 unspecified atom stereocenters. The third kappa shape index (κ3) is 2.51. The summed E-state index contributed by atoms with van der Waals surface area (Å²) in [5.74, 6) is -0.221. The van der Waals surface area contributed by atoms with Crippen LogP contribution >= 0.6 is 0 Å². The first-order chi connectivity index (χ1) is 6.13. The third-order valence-corrected chi connectivity index (χ3v) is 1.76. The standard InChI is InChI=1S/C11H11FO/c1-8(7-13)5-10-3-4-11(12)9(2)6-10/h3-7H,1-2H3. The smallest absolute Gasteiger partial charge is 0.145 e. The largest absolute Gasteiger partial charge is 0.298 e. The highest BCUT2D eigenvalue weighted by Gasteiger charge is 1.96. The Bertz CT molecular complexity index is 353. The Morgan fingerprint density at radius 3 is 2.69 bits per heavy atom. The summed E-state index contributed by atoms with van der Waals surface area (Å²) in [5.41, 5.74) is 2.07. The zero-order chi connectivity index (χ0) is 9.84. The number of carbonyl (C=O) groups excluding carboxylic acids is 1. The number of hydrogen-bond donors (Lipinski definition) is 0. The Balaban J connectivity index is 3.04.